The first-order valence-electron chi connectivity index (χ1n) is 6.95. The summed E-state index contributed by atoms with van der Waals surface area (Å²) < 4.78 is 1.87. The van der Waals surface area contributed by atoms with Crippen LogP contribution < -0.4 is 10.6 Å². The van der Waals surface area contributed by atoms with Crippen molar-refractivity contribution in [2.75, 3.05) is 13.1 Å². The van der Waals surface area contributed by atoms with Gasteiger partial charge < -0.3 is 15.2 Å². The summed E-state index contributed by atoms with van der Waals surface area (Å²) in [7, 11) is 1.91. The summed E-state index contributed by atoms with van der Waals surface area (Å²) in [6.07, 6.45) is 4.48. The van der Waals surface area contributed by atoms with E-state index in [-0.39, 0.29) is 0 Å². The smallest absolute Gasteiger partial charge is 0.191 e. The second-order valence-electron chi connectivity index (χ2n) is 4.59. The van der Waals surface area contributed by atoms with Gasteiger partial charge in [-0.2, -0.15) is 0 Å². The minimum absolute atomic E-state index is 0.502. The van der Waals surface area contributed by atoms with Crippen LogP contribution in [-0.2, 0) is 20.0 Å². The number of nitrogens with one attached hydrogen (secondary N) is 2. The topological polar surface area (TPSA) is 80.0 Å². The van der Waals surface area contributed by atoms with E-state index in [4.69, 9.17) is 0 Å². The Morgan fingerprint density at radius 2 is 2.29 bits per heavy atom. The lowest BCUT2D eigenvalue weighted by atomic mass is 10.4. The molecule has 0 aliphatic rings. The van der Waals surface area contributed by atoms with Crippen molar-refractivity contribution in [2.24, 2.45) is 12.0 Å². The molecule has 0 radical (unpaired) electrons. The van der Waals surface area contributed by atoms with E-state index >= 15 is 0 Å². The van der Waals surface area contributed by atoms with Crippen LogP contribution in [-0.4, -0.2) is 38.8 Å². The molecule has 21 heavy (non-hydrogen) atoms. The Labute approximate surface area is 128 Å². The van der Waals surface area contributed by atoms with Gasteiger partial charge in [0.15, 0.2) is 11.8 Å². The molecule has 2 aromatic rings. The number of thiazole rings is 1. The van der Waals surface area contributed by atoms with E-state index in [0.717, 1.165) is 36.3 Å². The average molecular weight is 307 g/mol. The molecule has 2 aromatic heterocycles. The molecule has 0 amide bonds. The fraction of sp³-hybridized carbons (Fsp3) is 0.538. The fourth-order valence-corrected chi connectivity index (χ4v) is 2.53. The second kappa shape index (κ2) is 7.72. The van der Waals surface area contributed by atoms with Gasteiger partial charge in [-0.15, -0.1) is 21.5 Å². The van der Waals surface area contributed by atoms with Gasteiger partial charge in [0.25, 0.3) is 0 Å². The van der Waals surface area contributed by atoms with Crippen molar-refractivity contribution in [3.05, 3.63) is 28.2 Å². The summed E-state index contributed by atoms with van der Waals surface area (Å²) in [5, 5.41) is 15.5. The predicted octanol–water partition coefficient (Wildman–Crippen LogP) is 0.878. The van der Waals surface area contributed by atoms with E-state index in [1.807, 2.05) is 24.7 Å². The normalized spacial score (nSPS) is 11.7. The molecule has 0 atom stereocenters. The maximum Gasteiger partial charge on any atom is 0.191 e. The van der Waals surface area contributed by atoms with Crippen LogP contribution in [0.15, 0.2) is 17.5 Å². The van der Waals surface area contributed by atoms with Crippen LogP contribution in [0.3, 0.4) is 0 Å². The summed E-state index contributed by atoms with van der Waals surface area (Å²) in [6, 6.07) is 0. The molecule has 8 heteroatoms. The Morgan fingerprint density at radius 1 is 1.43 bits per heavy atom. The number of hydrogen-bond donors (Lipinski definition) is 2. The zero-order valence-electron chi connectivity index (χ0n) is 12.6. The van der Waals surface area contributed by atoms with Crippen molar-refractivity contribution in [3.63, 3.8) is 0 Å². The molecule has 0 saturated carbocycles. The SMILES string of the molecule is CCNC(=NCc1nncn1C)NCCc1ncc(C)s1. The quantitative estimate of drug-likeness (QED) is 0.612. The number of aliphatic imine (C=N–C) groups is 1. The van der Waals surface area contributed by atoms with Crippen LogP contribution in [0.2, 0.25) is 0 Å². The third kappa shape index (κ3) is 4.82. The van der Waals surface area contributed by atoms with Gasteiger partial charge in [0.2, 0.25) is 0 Å². The number of aryl methyl sites for hydroxylation is 2. The summed E-state index contributed by atoms with van der Waals surface area (Å²) in [5.74, 6) is 1.62. The van der Waals surface area contributed by atoms with Crippen LogP contribution >= 0.6 is 11.3 Å². The van der Waals surface area contributed by atoms with E-state index in [1.54, 1.807) is 17.7 Å². The maximum absolute atomic E-state index is 4.51. The molecule has 114 valence electrons. The minimum Gasteiger partial charge on any atom is -0.357 e. The van der Waals surface area contributed by atoms with E-state index in [9.17, 15) is 0 Å². The van der Waals surface area contributed by atoms with Crippen LogP contribution in [0, 0.1) is 6.92 Å². The Morgan fingerprint density at radius 3 is 2.90 bits per heavy atom. The van der Waals surface area contributed by atoms with Crippen molar-refractivity contribution in [3.8, 4) is 0 Å². The van der Waals surface area contributed by atoms with E-state index in [2.05, 4.69) is 37.7 Å². The molecule has 0 spiro atoms. The monoisotopic (exact) mass is 307 g/mol. The largest absolute Gasteiger partial charge is 0.357 e. The Kier molecular flexibility index (Phi) is 5.68. The van der Waals surface area contributed by atoms with Gasteiger partial charge >= 0.3 is 0 Å². The highest BCUT2D eigenvalue weighted by atomic mass is 32.1. The Bertz CT molecular complexity index is 587. The third-order valence-corrected chi connectivity index (χ3v) is 3.80. The zero-order chi connectivity index (χ0) is 15.1. The second-order valence-corrected chi connectivity index (χ2v) is 5.91. The van der Waals surface area contributed by atoms with Gasteiger partial charge in [-0.25, -0.2) is 9.98 Å². The lowest BCUT2D eigenvalue weighted by molar-refractivity contribution is 0.762. The van der Waals surface area contributed by atoms with Gasteiger partial charge in [-0.3, -0.25) is 0 Å². The third-order valence-electron chi connectivity index (χ3n) is 2.83. The van der Waals surface area contributed by atoms with Crippen molar-refractivity contribution in [2.45, 2.75) is 26.8 Å². The summed E-state index contributed by atoms with van der Waals surface area (Å²) in [4.78, 5) is 10.1. The highest BCUT2D eigenvalue weighted by Gasteiger charge is 2.03. The van der Waals surface area contributed by atoms with Crippen molar-refractivity contribution >= 4 is 17.3 Å². The van der Waals surface area contributed by atoms with Crippen LogP contribution in [0.5, 0.6) is 0 Å². The molecule has 2 heterocycles. The number of guanidine groups is 1. The molecule has 0 saturated heterocycles. The number of rotatable bonds is 6. The zero-order valence-corrected chi connectivity index (χ0v) is 13.4. The summed E-state index contributed by atoms with van der Waals surface area (Å²) >= 11 is 1.73. The Hall–Kier alpha value is -1.96. The molecule has 0 aliphatic carbocycles. The Balaban J connectivity index is 1.85. The highest BCUT2D eigenvalue weighted by molar-refractivity contribution is 7.11. The fourth-order valence-electron chi connectivity index (χ4n) is 1.75. The molecule has 7 nitrogen and oxygen atoms in total. The molecular weight excluding hydrogens is 286 g/mol. The van der Waals surface area contributed by atoms with Crippen LogP contribution in [0.25, 0.3) is 0 Å². The number of aromatic nitrogens is 4. The minimum atomic E-state index is 0.502. The van der Waals surface area contributed by atoms with E-state index < -0.39 is 0 Å². The van der Waals surface area contributed by atoms with Gasteiger partial charge in [-0.1, -0.05) is 0 Å². The highest BCUT2D eigenvalue weighted by Crippen LogP contribution is 2.10. The molecule has 0 fully saturated rings. The first-order valence-corrected chi connectivity index (χ1v) is 7.77. The number of nitrogens with zero attached hydrogens (tertiary/aromatic N) is 5. The molecule has 0 bridgehead atoms. The summed E-state index contributed by atoms with van der Waals surface area (Å²) in [6.45, 7) is 6.24. The number of hydrogen-bond acceptors (Lipinski definition) is 5. The maximum atomic E-state index is 4.51. The van der Waals surface area contributed by atoms with Gasteiger partial charge in [0.1, 0.15) is 12.9 Å². The average Bonchev–Trinajstić information content (AvgIpc) is 3.05. The van der Waals surface area contributed by atoms with E-state index in [1.165, 1.54) is 4.88 Å². The molecule has 0 aliphatic heterocycles. The van der Waals surface area contributed by atoms with Crippen LogP contribution in [0.1, 0.15) is 22.6 Å². The van der Waals surface area contributed by atoms with Crippen molar-refractivity contribution in [1.82, 2.24) is 30.4 Å². The van der Waals surface area contributed by atoms with Gasteiger partial charge in [0.05, 0.1) is 5.01 Å². The van der Waals surface area contributed by atoms with E-state index in [0.29, 0.717) is 6.54 Å². The first kappa shape index (κ1) is 15.4. The molecule has 0 aromatic carbocycles. The lowest BCUT2D eigenvalue weighted by Gasteiger charge is -2.10. The standard InChI is InChI=1S/C13H21N7S/c1-4-14-13(17-8-11-19-18-9-20(11)3)15-6-5-12-16-7-10(2)21-12/h7,9H,4-6,8H2,1-3H3,(H2,14,15,17). The van der Waals surface area contributed by atoms with Crippen molar-refractivity contribution < 1.29 is 0 Å². The predicted molar refractivity (Wildman–Crippen MR) is 84.4 cm³/mol. The molecule has 2 N–H and O–H groups in total. The first-order chi connectivity index (χ1) is 10.2. The lowest BCUT2D eigenvalue weighted by Crippen LogP contribution is -2.38. The summed E-state index contributed by atoms with van der Waals surface area (Å²) in [5.41, 5.74) is 0. The van der Waals surface area contributed by atoms with Gasteiger partial charge in [0, 0.05) is 37.6 Å². The molecular formula is C13H21N7S. The molecule has 2 rings (SSSR count). The van der Waals surface area contributed by atoms with Crippen LogP contribution in [0.4, 0.5) is 0 Å². The van der Waals surface area contributed by atoms with Gasteiger partial charge in [-0.05, 0) is 13.8 Å². The molecule has 0 unspecified atom stereocenters. The van der Waals surface area contributed by atoms with Crippen molar-refractivity contribution in [1.29, 1.82) is 0 Å².